The van der Waals surface area contributed by atoms with Crippen molar-refractivity contribution in [3.63, 3.8) is 0 Å². The molecule has 0 saturated heterocycles. The number of nitrogens with zero attached hydrogens (tertiary/aromatic N) is 1. The molecule has 0 aliphatic carbocycles. The molecule has 4 nitrogen and oxygen atoms in total. The van der Waals surface area contributed by atoms with Gasteiger partial charge in [0.1, 0.15) is 0 Å². The maximum Gasteiger partial charge on any atom is 0.191 e. The summed E-state index contributed by atoms with van der Waals surface area (Å²) in [6.45, 7) is 1.45. The van der Waals surface area contributed by atoms with Crippen LogP contribution in [0.3, 0.4) is 0 Å². The Balaban J connectivity index is 2.87. The highest BCUT2D eigenvalue weighted by Crippen LogP contribution is 2.04. The lowest BCUT2D eigenvalue weighted by molar-refractivity contribution is -0.119. The predicted octanol–water partition coefficient (Wildman–Crippen LogP) is -0.735. The molecule has 11 heavy (non-hydrogen) atoms. The highest BCUT2D eigenvalue weighted by Gasteiger charge is 2.24. The Morgan fingerprint density at radius 3 is 2.82 bits per heavy atom. The Kier molecular flexibility index (Phi) is 2.16. The minimum absolute atomic E-state index is 0.109. The quantitative estimate of drug-likeness (QED) is 0.524. The second-order valence-electron chi connectivity index (χ2n) is 2.35. The molecule has 0 bridgehead atoms. The van der Waals surface area contributed by atoms with Gasteiger partial charge < -0.3 is 10.2 Å². The van der Waals surface area contributed by atoms with Gasteiger partial charge in [0.05, 0.1) is 11.8 Å². The van der Waals surface area contributed by atoms with Crippen LogP contribution in [0.2, 0.25) is 0 Å². The maximum atomic E-state index is 10.8. The lowest BCUT2D eigenvalue weighted by Gasteiger charge is -2.15. The molecule has 2 N–H and O–H groups in total. The van der Waals surface area contributed by atoms with E-state index in [9.17, 15) is 4.79 Å². The van der Waals surface area contributed by atoms with E-state index in [-0.39, 0.29) is 5.71 Å². The molecule has 0 fully saturated rings. The summed E-state index contributed by atoms with van der Waals surface area (Å²) in [4.78, 5) is 14.5. The Morgan fingerprint density at radius 2 is 2.36 bits per heavy atom. The molecule has 2 unspecified atom stereocenters. The van der Waals surface area contributed by atoms with E-state index in [2.05, 4.69) is 4.99 Å². The summed E-state index contributed by atoms with van der Waals surface area (Å²) in [5.41, 5.74) is 0.109. The molecule has 0 radical (unpaired) electrons. The Bertz CT molecular complexity index is 230. The topological polar surface area (TPSA) is 69.9 Å². The molecular weight excluding hydrogens is 146 g/mol. The van der Waals surface area contributed by atoms with Gasteiger partial charge in [-0.25, -0.2) is 0 Å². The molecule has 0 aromatic rings. The summed E-state index contributed by atoms with van der Waals surface area (Å²) in [5, 5.41) is 18.1. The first-order valence-electron chi connectivity index (χ1n) is 3.27. The summed E-state index contributed by atoms with van der Waals surface area (Å²) in [6.07, 6.45) is 0.312. The SMILES string of the molecule is CC(O)C1=NC=CC(=O)C1O. The van der Waals surface area contributed by atoms with Gasteiger partial charge in [0.15, 0.2) is 11.9 Å². The minimum Gasteiger partial charge on any atom is -0.387 e. The molecule has 1 rings (SSSR count). The monoisotopic (exact) mass is 155 g/mol. The first-order chi connectivity index (χ1) is 5.13. The van der Waals surface area contributed by atoms with Crippen molar-refractivity contribution < 1.29 is 15.0 Å². The third-order valence-corrected chi connectivity index (χ3v) is 1.44. The van der Waals surface area contributed by atoms with E-state index in [0.29, 0.717) is 0 Å². The number of aliphatic hydroxyl groups excluding tert-OH is 2. The van der Waals surface area contributed by atoms with E-state index in [1.54, 1.807) is 0 Å². The van der Waals surface area contributed by atoms with Crippen LogP contribution in [-0.4, -0.2) is 33.9 Å². The first kappa shape index (κ1) is 8.10. The molecule has 0 aromatic carbocycles. The van der Waals surface area contributed by atoms with Crippen LogP contribution in [-0.2, 0) is 4.79 Å². The van der Waals surface area contributed by atoms with Gasteiger partial charge in [-0.15, -0.1) is 0 Å². The van der Waals surface area contributed by atoms with Gasteiger partial charge in [-0.3, -0.25) is 9.79 Å². The number of hydrogen-bond donors (Lipinski definition) is 2. The van der Waals surface area contributed by atoms with Crippen molar-refractivity contribution in [2.45, 2.75) is 19.1 Å². The smallest absolute Gasteiger partial charge is 0.191 e. The number of hydrogen-bond acceptors (Lipinski definition) is 4. The summed E-state index contributed by atoms with van der Waals surface area (Å²) < 4.78 is 0. The fourth-order valence-corrected chi connectivity index (χ4v) is 0.841. The van der Waals surface area contributed by atoms with E-state index >= 15 is 0 Å². The molecule has 60 valence electrons. The van der Waals surface area contributed by atoms with Crippen molar-refractivity contribution in [1.82, 2.24) is 0 Å². The Hall–Kier alpha value is -1.00. The van der Waals surface area contributed by atoms with Gasteiger partial charge in [0.25, 0.3) is 0 Å². The molecular formula is C7H9NO3. The number of aliphatic imine (C=N–C) groups is 1. The lowest BCUT2D eigenvalue weighted by Crippen LogP contribution is -2.37. The van der Waals surface area contributed by atoms with Crippen molar-refractivity contribution in [2.75, 3.05) is 0 Å². The van der Waals surface area contributed by atoms with E-state index in [1.165, 1.54) is 19.2 Å². The summed E-state index contributed by atoms with van der Waals surface area (Å²) in [5.74, 6) is -0.434. The molecule has 1 heterocycles. The van der Waals surface area contributed by atoms with Gasteiger partial charge in [-0.2, -0.15) is 0 Å². The predicted molar refractivity (Wildman–Crippen MR) is 39.3 cm³/mol. The molecule has 1 aliphatic heterocycles. The van der Waals surface area contributed by atoms with Crippen molar-refractivity contribution in [1.29, 1.82) is 0 Å². The average molecular weight is 155 g/mol. The summed E-state index contributed by atoms with van der Waals surface area (Å²) in [7, 11) is 0. The standard InChI is InChI=1S/C7H9NO3/c1-4(9)6-7(11)5(10)2-3-8-6/h2-4,7,9,11H,1H3. The molecule has 0 amide bonds. The average Bonchev–Trinajstić information content (AvgIpc) is 1.94. The van der Waals surface area contributed by atoms with Crippen LogP contribution in [0, 0.1) is 0 Å². The number of rotatable bonds is 1. The zero-order valence-corrected chi connectivity index (χ0v) is 6.06. The zero-order valence-electron chi connectivity index (χ0n) is 6.06. The largest absolute Gasteiger partial charge is 0.387 e. The van der Waals surface area contributed by atoms with E-state index in [4.69, 9.17) is 10.2 Å². The number of ketones is 1. The van der Waals surface area contributed by atoms with Crippen molar-refractivity contribution in [3.05, 3.63) is 12.3 Å². The van der Waals surface area contributed by atoms with Crippen LogP contribution >= 0.6 is 0 Å². The fraction of sp³-hybridized carbons (Fsp3) is 0.429. The van der Waals surface area contributed by atoms with Crippen LogP contribution in [0.15, 0.2) is 17.3 Å². The fourth-order valence-electron chi connectivity index (χ4n) is 0.841. The highest BCUT2D eigenvalue weighted by molar-refractivity contribution is 6.15. The molecule has 0 aromatic heterocycles. The third-order valence-electron chi connectivity index (χ3n) is 1.44. The zero-order chi connectivity index (χ0) is 8.43. The van der Waals surface area contributed by atoms with Crippen LogP contribution in [0.25, 0.3) is 0 Å². The molecule has 1 aliphatic rings. The summed E-state index contributed by atoms with van der Waals surface area (Å²) in [6, 6.07) is 0. The number of carbonyl (C=O) groups is 1. The second kappa shape index (κ2) is 2.94. The Morgan fingerprint density at radius 1 is 1.73 bits per heavy atom. The minimum atomic E-state index is -1.26. The molecule has 0 spiro atoms. The van der Waals surface area contributed by atoms with Gasteiger partial charge in [0, 0.05) is 12.3 Å². The molecule has 0 saturated carbocycles. The van der Waals surface area contributed by atoms with Gasteiger partial charge in [-0.1, -0.05) is 0 Å². The number of aliphatic hydroxyl groups is 2. The second-order valence-corrected chi connectivity index (χ2v) is 2.35. The van der Waals surface area contributed by atoms with Gasteiger partial charge in [-0.05, 0) is 6.92 Å². The first-order valence-corrected chi connectivity index (χ1v) is 3.27. The van der Waals surface area contributed by atoms with Gasteiger partial charge in [0.2, 0.25) is 0 Å². The Labute approximate surface area is 63.9 Å². The third kappa shape index (κ3) is 1.53. The van der Waals surface area contributed by atoms with Crippen molar-refractivity contribution in [3.8, 4) is 0 Å². The van der Waals surface area contributed by atoms with E-state index in [0.717, 1.165) is 0 Å². The van der Waals surface area contributed by atoms with Crippen LogP contribution in [0.4, 0.5) is 0 Å². The normalized spacial score (nSPS) is 26.6. The van der Waals surface area contributed by atoms with Crippen LogP contribution < -0.4 is 0 Å². The number of carbonyl (C=O) groups excluding carboxylic acids is 1. The van der Waals surface area contributed by atoms with Crippen LogP contribution in [0.5, 0.6) is 0 Å². The van der Waals surface area contributed by atoms with Gasteiger partial charge >= 0.3 is 0 Å². The van der Waals surface area contributed by atoms with Crippen molar-refractivity contribution in [2.24, 2.45) is 4.99 Å². The molecule has 4 heteroatoms. The molecule has 2 atom stereocenters. The van der Waals surface area contributed by atoms with E-state index < -0.39 is 18.0 Å². The van der Waals surface area contributed by atoms with Crippen molar-refractivity contribution >= 4 is 11.5 Å². The van der Waals surface area contributed by atoms with Crippen LogP contribution in [0.1, 0.15) is 6.92 Å². The highest BCUT2D eigenvalue weighted by atomic mass is 16.3. The summed E-state index contributed by atoms with van der Waals surface area (Å²) >= 11 is 0. The maximum absolute atomic E-state index is 10.8. The lowest BCUT2D eigenvalue weighted by atomic mass is 10.0. The van der Waals surface area contributed by atoms with E-state index in [1.807, 2.05) is 0 Å².